The Morgan fingerprint density at radius 2 is 2.22 bits per heavy atom. The molecule has 2 N–H and O–H groups in total. The summed E-state index contributed by atoms with van der Waals surface area (Å²) >= 11 is 0. The number of aromatic nitrogens is 1. The molecule has 0 radical (unpaired) electrons. The number of carbonyl (C=O) groups excluding carboxylic acids is 1. The number of amides is 1. The first-order chi connectivity index (χ1) is 8.44. The summed E-state index contributed by atoms with van der Waals surface area (Å²) < 4.78 is 4.92. The molecule has 18 heavy (non-hydrogen) atoms. The molecule has 0 spiro atoms. The zero-order valence-electron chi connectivity index (χ0n) is 10.4. The van der Waals surface area contributed by atoms with Crippen LogP contribution in [0.15, 0.2) is 10.6 Å². The fourth-order valence-corrected chi connectivity index (χ4v) is 1.62. The fourth-order valence-electron chi connectivity index (χ4n) is 1.62. The number of nitrogens with zero attached hydrogens (tertiary/aromatic N) is 1. The van der Waals surface area contributed by atoms with Gasteiger partial charge < -0.3 is 14.9 Å². The smallest absolute Gasteiger partial charge is 0.311 e. The van der Waals surface area contributed by atoms with E-state index in [1.165, 1.54) is 0 Å². The predicted molar refractivity (Wildman–Crippen MR) is 62.2 cm³/mol. The second-order valence-electron chi connectivity index (χ2n) is 5.04. The molecule has 0 unspecified atom stereocenters. The van der Waals surface area contributed by atoms with Crippen molar-refractivity contribution in [3.63, 3.8) is 0 Å². The molecule has 1 aromatic heterocycles. The van der Waals surface area contributed by atoms with Crippen molar-refractivity contribution in [3.8, 4) is 0 Å². The molecule has 1 saturated carbocycles. The van der Waals surface area contributed by atoms with E-state index in [0.29, 0.717) is 18.5 Å². The lowest BCUT2D eigenvalue weighted by Gasteiger charge is -2.09. The highest BCUT2D eigenvalue weighted by Gasteiger charge is 2.50. The second kappa shape index (κ2) is 4.44. The Bertz CT molecular complexity index is 474. The zero-order chi connectivity index (χ0) is 13.3. The van der Waals surface area contributed by atoms with Gasteiger partial charge in [-0.1, -0.05) is 19.0 Å². The molecule has 1 aliphatic rings. The van der Waals surface area contributed by atoms with Crippen molar-refractivity contribution >= 4 is 11.9 Å². The molecule has 0 saturated heterocycles. The number of nitrogens with one attached hydrogen (secondary N) is 1. The van der Waals surface area contributed by atoms with Crippen molar-refractivity contribution in [3.05, 3.63) is 17.5 Å². The largest absolute Gasteiger partial charge is 0.481 e. The van der Waals surface area contributed by atoms with Crippen LogP contribution in [0.5, 0.6) is 0 Å². The van der Waals surface area contributed by atoms with Crippen LogP contribution in [0.4, 0.5) is 0 Å². The number of hydrogen-bond acceptors (Lipinski definition) is 4. The van der Waals surface area contributed by atoms with Crippen LogP contribution in [-0.2, 0) is 4.79 Å². The van der Waals surface area contributed by atoms with Crippen LogP contribution >= 0.6 is 0 Å². The van der Waals surface area contributed by atoms with E-state index < -0.39 is 17.3 Å². The fraction of sp³-hybridized carbons (Fsp3) is 0.583. The standard InChI is InChI=1S/C12H16N2O4/c1-7(2)8-5-9(18-14-8)10(15)13-6-12(3-4-12)11(16)17/h5,7H,3-4,6H2,1-2H3,(H,13,15)(H,16,17). The number of rotatable bonds is 5. The average molecular weight is 252 g/mol. The molecule has 0 atom stereocenters. The van der Waals surface area contributed by atoms with E-state index in [4.69, 9.17) is 9.63 Å². The molecular formula is C12H16N2O4. The molecule has 0 bridgehead atoms. The number of carboxylic acid groups (broad SMARTS) is 1. The third-order valence-electron chi connectivity index (χ3n) is 3.24. The summed E-state index contributed by atoms with van der Waals surface area (Å²) in [6.45, 7) is 4.03. The molecule has 6 nitrogen and oxygen atoms in total. The van der Waals surface area contributed by atoms with Gasteiger partial charge in [0.1, 0.15) is 0 Å². The maximum absolute atomic E-state index is 11.7. The lowest BCUT2D eigenvalue weighted by molar-refractivity contribution is -0.143. The first-order valence-corrected chi connectivity index (χ1v) is 5.93. The summed E-state index contributed by atoms with van der Waals surface area (Å²) in [5, 5.41) is 15.3. The Hall–Kier alpha value is -1.85. The highest BCUT2D eigenvalue weighted by molar-refractivity contribution is 5.92. The van der Waals surface area contributed by atoms with Crippen molar-refractivity contribution in [2.45, 2.75) is 32.6 Å². The highest BCUT2D eigenvalue weighted by atomic mass is 16.5. The van der Waals surface area contributed by atoms with E-state index in [2.05, 4.69) is 10.5 Å². The van der Waals surface area contributed by atoms with Crippen LogP contribution in [0, 0.1) is 5.41 Å². The minimum Gasteiger partial charge on any atom is -0.481 e. The normalized spacial score (nSPS) is 16.6. The van der Waals surface area contributed by atoms with Gasteiger partial charge in [0.15, 0.2) is 0 Å². The van der Waals surface area contributed by atoms with E-state index in [9.17, 15) is 9.59 Å². The van der Waals surface area contributed by atoms with Crippen molar-refractivity contribution in [1.82, 2.24) is 10.5 Å². The van der Waals surface area contributed by atoms with E-state index in [1.54, 1.807) is 6.07 Å². The van der Waals surface area contributed by atoms with Gasteiger partial charge in [-0.05, 0) is 18.8 Å². The van der Waals surface area contributed by atoms with Crippen LogP contribution in [0.2, 0.25) is 0 Å². The van der Waals surface area contributed by atoms with Gasteiger partial charge in [-0.25, -0.2) is 0 Å². The maximum Gasteiger partial charge on any atom is 0.311 e. The topological polar surface area (TPSA) is 92.4 Å². The molecule has 1 heterocycles. The van der Waals surface area contributed by atoms with Gasteiger partial charge in [-0.3, -0.25) is 9.59 Å². The van der Waals surface area contributed by atoms with Crippen LogP contribution in [0.1, 0.15) is 48.9 Å². The van der Waals surface area contributed by atoms with Crippen molar-refractivity contribution < 1.29 is 19.2 Å². The zero-order valence-corrected chi connectivity index (χ0v) is 10.4. The Kier molecular flexibility index (Phi) is 3.11. The molecule has 0 aliphatic heterocycles. The monoisotopic (exact) mass is 252 g/mol. The SMILES string of the molecule is CC(C)c1cc(C(=O)NCC2(C(=O)O)CC2)on1. The summed E-state index contributed by atoms with van der Waals surface area (Å²) in [6.07, 6.45) is 1.21. The summed E-state index contributed by atoms with van der Waals surface area (Å²) in [5.41, 5.74) is -0.0594. The van der Waals surface area contributed by atoms with Gasteiger partial charge in [0.05, 0.1) is 11.1 Å². The van der Waals surface area contributed by atoms with Gasteiger partial charge in [0.25, 0.3) is 5.91 Å². The van der Waals surface area contributed by atoms with Crippen molar-refractivity contribution in [2.75, 3.05) is 6.54 Å². The van der Waals surface area contributed by atoms with Crippen molar-refractivity contribution in [1.29, 1.82) is 0 Å². The Morgan fingerprint density at radius 1 is 1.56 bits per heavy atom. The van der Waals surface area contributed by atoms with Crippen molar-refractivity contribution in [2.24, 2.45) is 5.41 Å². The Balaban J connectivity index is 1.94. The Labute approximate surface area is 104 Å². The quantitative estimate of drug-likeness (QED) is 0.826. The first kappa shape index (κ1) is 12.6. The molecular weight excluding hydrogens is 236 g/mol. The van der Waals surface area contributed by atoms with Gasteiger partial charge in [0, 0.05) is 12.6 Å². The van der Waals surface area contributed by atoms with E-state index in [-0.39, 0.29) is 18.2 Å². The first-order valence-electron chi connectivity index (χ1n) is 5.93. The molecule has 1 fully saturated rings. The number of hydrogen-bond donors (Lipinski definition) is 2. The number of aliphatic carboxylic acids is 1. The second-order valence-corrected chi connectivity index (χ2v) is 5.04. The van der Waals surface area contributed by atoms with Gasteiger partial charge in [-0.15, -0.1) is 0 Å². The van der Waals surface area contributed by atoms with E-state index in [1.807, 2.05) is 13.8 Å². The molecule has 1 aromatic rings. The van der Waals surface area contributed by atoms with Crippen LogP contribution in [0.3, 0.4) is 0 Å². The number of carboxylic acids is 1. The third-order valence-corrected chi connectivity index (χ3v) is 3.24. The predicted octanol–water partition coefficient (Wildman–Crippen LogP) is 1.39. The van der Waals surface area contributed by atoms with Crippen LogP contribution < -0.4 is 5.32 Å². The minimum atomic E-state index is -0.858. The summed E-state index contributed by atoms with van der Waals surface area (Å²) in [4.78, 5) is 22.7. The lowest BCUT2D eigenvalue weighted by Crippen LogP contribution is -2.34. The van der Waals surface area contributed by atoms with Gasteiger partial charge >= 0.3 is 5.97 Å². The molecule has 98 valence electrons. The summed E-state index contributed by atoms with van der Waals surface area (Å²) in [6, 6.07) is 1.58. The van der Waals surface area contributed by atoms with Crippen LogP contribution in [0.25, 0.3) is 0 Å². The molecule has 1 amide bonds. The van der Waals surface area contributed by atoms with Gasteiger partial charge in [-0.2, -0.15) is 0 Å². The Morgan fingerprint density at radius 3 is 2.67 bits per heavy atom. The van der Waals surface area contributed by atoms with Crippen LogP contribution in [-0.4, -0.2) is 28.7 Å². The molecule has 6 heteroatoms. The highest BCUT2D eigenvalue weighted by Crippen LogP contribution is 2.45. The minimum absolute atomic E-state index is 0.125. The molecule has 0 aromatic carbocycles. The van der Waals surface area contributed by atoms with E-state index >= 15 is 0 Å². The molecule has 2 rings (SSSR count). The summed E-state index contributed by atoms with van der Waals surface area (Å²) in [7, 11) is 0. The number of carbonyl (C=O) groups is 2. The third kappa shape index (κ3) is 2.37. The average Bonchev–Trinajstić information content (AvgIpc) is 2.94. The molecule has 1 aliphatic carbocycles. The summed E-state index contributed by atoms with van der Waals surface area (Å²) in [5.74, 6) is -0.964. The van der Waals surface area contributed by atoms with E-state index in [0.717, 1.165) is 0 Å². The lowest BCUT2D eigenvalue weighted by atomic mass is 10.1. The maximum atomic E-state index is 11.7. The van der Waals surface area contributed by atoms with Gasteiger partial charge in [0.2, 0.25) is 5.76 Å².